The zero-order chi connectivity index (χ0) is 31.4. The number of ketones is 1. The maximum Gasteiger partial charge on any atom is 0.250 e. The Morgan fingerprint density at radius 2 is 1.74 bits per heavy atom. The largest absolute Gasteiger partial charge is 0.497 e. The van der Waals surface area contributed by atoms with E-state index in [2.05, 4.69) is 10.6 Å². The molecule has 43 heavy (non-hydrogen) atoms. The minimum atomic E-state index is -2.74. The summed E-state index contributed by atoms with van der Waals surface area (Å²) in [5.41, 5.74) is 3.90. The van der Waals surface area contributed by atoms with Crippen molar-refractivity contribution in [1.29, 1.82) is 0 Å². The summed E-state index contributed by atoms with van der Waals surface area (Å²) in [6, 6.07) is 5.86. The maximum atomic E-state index is 14.0. The standard InChI is InChI=1S/C31H44F2N4O6/c1-20(35-25(38)18-37-14-12-30(32,33)13-15-37)27(40)36-31(28(34)41,17-22-8-10-23(42-3)11-9-22)24(16-21-6-4-5-7-21)26(39)29(2)19-43-29/h8-11,20-21,24H,4-7,12-19H2,1-3H3,(H2,34,41)(H,35,38)(H,36,40)/t20-,24+,29+,31?/m0/s1. The van der Waals surface area contributed by atoms with Crippen molar-refractivity contribution in [3.05, 3.63) is 29.8 Å². The minimum absolute atomic E-state index is 0.0556. The number of nitrogens with two attached hydrogens (primary N) is 1. The lowest BCUT2D eigenvalue weighted by molar-refractivity contribution is -0.142. The van der Waals surface area contributed by atoms with Crippen LogP contribution in [0, 0.1) is 11.8 Å². The Balaban J connectivity index is 1.59. The van der Waals surface area contributed by atoms with Crippen LogP contribution in [0.2, 0.25) is 0 Å². The first-order chi connectivity index (χ1) is 20.3. The fourth-order valence-corrected chi connectivity index (χ4v) is 6.29. The van der Waals surface area contributed by atoms with Gasteiger partial charge in [0, 0.05) is 32.4 Å². The smallest absolute Gasteiger partial charge is 0.250 e. The summed E-state index contributed by atoms with van der Waals surface area (Å²) in [5.74, 6) is -5.26. The summed E-state index contributed by atoms with van der Waals surface area (Å²) >= 11 is 0. The number of alkyl halides is 2. The van der Waals surface area contributed by atoms with E-state index in [0.717, 1.165) is 25.7 Å². The van der Waals surface area contributed by atoms with Gasteiger partial charge in [-0.15, -0.1) is 0 Å². The molecule has 3 fully saturated rings. The Kier molecular flexibility index (Phi) is 10.1. The minimum Gasteiger partial charge on any atom is -0.497 e. The molecule has 0 bridgehead atoms. The number of likely N-dealkylation sites (tertiary alicyclic amines) is 1. The molecule has 238 valence electrons. The number of hydrogen-bond acceptors (Lipinski definition) is 7. The van der Waals surface area contributed by atoms with E-state index in [4.69, 9.17) is 15.2 Å². The van der Waals surface area contributed by atoms with Crippen LogP contribution in [0.5, 0.6) is 5.75 Å². The highest BCUT2D eigenvalue weighted by atomic mass is 19.3. The number of piperidine rings is 1. The van der Waals surface area contributed by atoms with Gasteiger partial charge in [0.05, 0.1) is 26.2 Å². The number of epoxide rings is 1. The average molecular weight is 607 g/mol. The van der Waals surface area contributed by atoms with Crippen LogP contribution in [0.25, 0.3) is 0 Å². The van der Waals surface area contributed by atoms with Gasteiger partial charge >= 0.3 is 0 Å². The Bertz CT molecular complexity index is 1180. The highest BCUT2D eigenvalue weighted by Crippen LogP contribution is 2.41. The number of amides is 3. The molecule has 1 aromatic rings. The molecule has 4 N–H and O–H groups in total. The predicted octanol–water partition coefficient (Wildman–Crippen LogP) is 2.37. The molecule has 1 saturated carbocycles. The average Bonchev–Trinajstić information content (AvgIpc) is 3.50. The lowest BCUT2D eigenvalue weighted by atomic mass is 9.69. The van der Waals surface area contributed by atoms with Crippen molar-refractivity contribution < 1.29 is 37.4 Å². The third-order valence-electron chi connectivity index (χ3n) is 9.21. The monoisotopic (exact) mass is 606 g/mol. The van der Waals surface area contributed by atoms with Crippen molar-refractivity contribution in [1.82, 2.24) is 15.5 Å². The number of ether oxygens (including phenoxy) is 2. The Morgan fingerprint density at radius 3 is 2.28 bits per heavy atom. The summed E-state index contributed by atoms with van der Waals surface area (Å²) in [6.07, 6.45) is 3.49. The number of methoxy groups -OCH3 is 1. The molecule has 3 amide bonds. The quantitative estimate of drug-likeness (QED) is 0.276. The van der Waals surface area contributed by atoms with Gasteiger partial charge in [-0.2, -0.15) is 0 Å². The number of halogens is 2. The Labute approximate surface area is 251 Å². The first kappa shape index (κ1) is 32.8. The van der Waals surface area contributed by atoms with Gasteiger partial charge < -0.3 is 25.8 Å². The molecule has 0 spiro atoms. The van der Waals surface area contributed by atoms with E-state index >= 15 is 0 Å². The molecule has 10 nitrogen and oxygen atoms in total. The zero-order valence-corrected chi connectivity index (χ0v) is 25.3. The molecule has 0 aromatic heterocycles. The second kappa shape index (κ2) is 13.3. The van der Waals surface area contributed by atoms with Gasteiger partial charge in [0.15, 0.2) is 5.78 Å². The van der Waals surface area contributed by atoms with E-state index in [-0.39, 0.29) is 57.2 Å². The van der Waals surface area contributed by atoms with Crippen LogP contribution < -0.4 is 21.1 Å². The second-order valence-corrected chi connectivity index (χ2v) is 12.6. The van der Waals surface area contributed by atoms with Crippen molar-refractivity contribution in [2.75, 3.05) is 33.4 Å². The van der Waals surface area contributed by atoms with Crippen molar-refractivity contribution >= 4 is 23.5 Å². The van der Waals surface area contributed by atoms with E-state index < -0.39 is 46.7 Å². The normalized spacial score (nSPS) is 24.8. The number of carbonyl (C=O) groups is 4. The number of hydrogen-bond donors (Lipinski definition) is 3. The van der Waals surface area contributed by atoms with Crippen LogP contribution in [-0.2, 0) is 30.3 Å². The molecular formula is C31H44F2N4O6. The molecule has 2 heterocycles. The highest BCUT2D eigenvalue weighted by molar-refractivity contribution is 6.01. The zero-order valence-electron chi connectivity index (χ0n) is 25.3. The summed E-state index contributed by atoms with van der Waals surface area (Å²) in [7, 11) is 1.53. The molecular weight excluding hydrogens is 562 g/mol. The van der Waals surface area contributed by atoms with Crippen LogP contribution in [0.4, 0.5) is 8.78 Å². The highest BCUT2D eigenvalue weighted by Gasteiger charge is 2.58. The van der Waals surface area contributed by atoms with Gasteiger partial charge in [-0.3, -0.25) is 24.1 Å². The van der Waals surface area contributed by atoms with Gasteiger partial charge in [-0.25, -0.2) is 8.78 Å². The van der Waals surface area contributed by atoms with Gasteiger partial charge in [0.1, 0.15) is 22.9 Å². The van der Waals surface area contributed by atoms with Gasteiger partial charge in [0.2, 0.25) is 17.7 Å². The van der Waals surface area contributed by atoms with Crippen LogP contribution in [0.3, 0.4) is 0 Å². The number of Topliss-reactive ketones (excluding diaryl/α,β-unsaturated/α-hetero) is 1. The summed E-state index contributed by atoms with van der Waals surface area (Å²) < 4.78 is 37.8. The first-order valence-electron chi connectivity index (χ1n) is 15.1. The number of rotatable bonds is 14. The fourth-order valence-electron chi connectivity index (χ4n) is 6.29. The Morgan fingerprint density at radius 1 is 1.14 bits per heavy atom. The van der Waals surface area contributed by atoms with Gasteiger partial charge in [0.25, 0.3) is 5.92 Å². The van der Waals surface area contributed by atoms with E-state index in [1.54, 1.807) is 36.1 Å². The molecule has 12 heteroatoms. The van der Waals surface area contributed by atoms with E-state index in [9.17, 15) is 28.0 Å². The maximum absolute atomic E-state index is 14.0. The van der Waals surface area contributed by atoms with Crippen LogP contribution in [0.15, 0.2) is 24.3 Å². The van der Waals surface area contributed by atoms with E-state index in [0.29, 0.717) is 17.7 Å². The molecule has 1 aromatic carbocycles. The Hall–Kier alpha value is -3.12. The fraction of sp³-hybridized carbons (Fsp3) is 0.677. The summed E-state index contributed by atoms with van der Waals surface area (Å²) in [5, 5.41) is 5.45. The van der Waals surface area contributed by atoms with Gasteiger partial charge in [-0.1, -0.05) is 37.8 Å². The molecule has 1 aliphatic carbocycles. The molecule has 4 atom stereocenters. The third-order valence-corrected chi connectivity index (χ3v) is 9.21. The second-order valence-electron chi connectivity index (χ2n) is 12.6. The van der Waals surface area contributed by atoms with Crippen LogP contribution in [0.1, 0.15) is 64.4 Å². The van der Waals surface area contributed by atoms with E-state index in [1.807, 2.05) is 0 Å². The number of nitrogens with one attached hydrogen (secondary N) is 2. The van der Waals surface area contributed by atoms with Crippen molar-refractivity contribution in [2.45, 2.75) is 88.3 Å². The third kappa shape index (κ3) is 8.08. The molecule has 3 aliphatic rings. The van der Waals surface area contributed by atoms with Gasteiger partial charge in [-0.05, 0) is 43.9 Å². The van der Waals surface area contributed by atoms with Crippen LogP contribution >= 0.6 is 0 Å². The summed E-state index contributed by atoms with van der Waals surface area (Å²) in [4.78, 5) is 55.6. The molecule has 4 rings (SSSR count). The van der Waals surface area contributed by atoms with Crippen LogP contribution in [-0.4, -0.2) is 84.9 Å². The molecule has 0 radical (unpaired) electrons. The predicted molar refractivity (Wildman–Crippen MR) is 154 cm³/mol. The summed E-state index contributed by atoms with van der Waals surface area (Å²) in [6.45, 7) is 3.36. The molecule has 2 saturated heterocycles. The SMILES string of the molecule is COc1ccc(CC(NC(=O)[C@H](C)NC(=O)CN2CCC(F)(F)CC2)(C(N)=O)[C@H](CC2CCCC2)C(=O)[C@@]2(C)CO2)cc1. The topological polar surface area (TPSA) is 143 Å². The van der Waals surface area contributed by atoms with Crippen molar-refractivity contribution in [3.8, 4) is 5.75 Å². The number of carbonyl (C=O) groups excluding carboxylic acids is 4. The number of benzene rings is 1. The van der Waals surface area contributed by atoms with E-state index in [1.165, 1.54) is 14.0 Å². The van der Waals surface area contributed by atoms with Crippen molar-refractivity contribution in [3.63, 3.8) is 0 Å². The lowest BCUT2D eigenvalue weighted by Crippen LogP contribution is -2.68. The molecule has 2 aliphatic heterocycles. The van der Waals surface area contributed by atoms with Crippen molar-refractivity contribution in [2.24, 2.45) is 17.6 Å². The number of nitrogens with zero attached hydrogens (tertiary/aromatic N) is 1. The lowest BCUT2D eigenvalue weighted by Gasteiger charge is -2.41. The first-order valence-corrected chi connectivity index (χ1v) is 15.1. The molecule has 1 unspecified atom stereocenters. The number of primary amides is 1.